The Morgan fingerprint density at radius 2 is 2.24 bits per heavy atom. The van der Waals surface area contributed by atoms with E-state index in [2.05, 4.69) is 10.1 Å². The van der Waals surface area contributed by atoms with Gasteiger partial charge in [-0.2, -0.15) is 4.98 Å². The Hall–Kier alpha value is -1.92. The van der Waals surface area contributed by atoms with Crippen molar-refractivity contribution in [1.29, 1.82) is 0 Å². The Labute approximate surface area is 123 Å². The molecule has 1 saturated heterocycles. The van der Waals surface area contributed by atoms with E-state index < -0.39 is 0 Å². The predicted molar refractivity (Wildman–Crippen MR) is 73.3 cm³/mol. The number of ether oxygens (including phenoxy) is 1. The second kappa shape index (κ2) is 7.19. The van der Waals surface area contributed by atoms with Crippen molar-refractivity contribution in [3.8, 4) is 0 Å². The molecule has 1 aliphatic heterocycles. The van der Waals surface area contributed by atoms with E-state index in [4.69, 9.17) is 9.26 Å². The molecule has 1 unspecified atom stereocenters. The van der Waals surface area contributed by atoms with Gasteiger partial charge in [0.15, 0.2) is 5.82 Å². The highest BCUT2D eigenvalue weighted by Gasteiger charge is 2.28. The highest BCUT2D eigenvalue weighted by Crippen LogP contribution is 2.21. The second-order valence-electron chi connectivity index (χ2n) is 5.25. The van der Waals surface area contributed by atoms with Gasteiger partial charge in [0.25, 0.3) is 0 Å². The molecule has 1 atom stereocenters. The van der Waals surface area contributed by atoms with Crippen LogP contribution < -0.4 is 0 Å². The van der Waals surface area contributed by atoms with Crippen molar-refractivity contribution >= 4 is 11.9 Å². The van der Waals surface area contributed by atoms with E-state index in [1.807, 2.05) is 0 Å². The maximum Gasteiger partial charge on any atom is 0.307 e. The number of likely N-dealkylation sites (tertiary alicyclic amines) is 1. The Kier molecular flexibility index (Phi) is 5.30. The minimum Gasteiger partial charge on any atom is -0.469 e. The van der Waals surface area contributed by atoms with Crippen molar-refractivity contribution in [2.24, 2.45) is 0 Å². The summed E-state index contributed by atoms with van der Waals surface area (Å²) in [4.78, 5) is 29.7. The first-order valence-electron chi connectivity index (χ1n) is 7.25. The van der Waals surface area contributed by atoms with E-state index in [9.17, 15) is 9.59 Å². The van der Waals surface area contributed by atoms with Crippen LogP contribution >= 0.6 is 0 Å². The molecule has 116 valence electrons. The molecule has 0 N–H and O–H groups in total. The Morgan fingerprint density at radius 3 is 2.90 bits per heavy atom. The zero-order valence-corrected chi connectivity index (χ0v) is 12.5. The fraction of sp³-hybridized carbons (Fsp3) is 0.714. The average Bonchev–Trinajstić information content (AvgIpc) is 2.91. The predicted octanol–water partition coefficient (Wildman–Crippen LogP) is 1.25. The molecule has 0 radical (unpaired) electrons. The zero-order chi connectivity index (χ0) is 15.2. The van der Waals surface area contributed by atoms with E-state index in [0.29, 0.717) is 31.1 Å². The van der Waals surface area contributed by atoms with E-state index in [1.54, 1.807) is 11.8 Å². The lowest BCUT2D eigenvalue weighted by Gasteiger charge is -2.35. The Balaban J connectivity index is 1.90. The summed E-state index contributed by atoms with van der Waals surface area (Å²) in [5.41, 5.74) is 0. The molecule has 1 amide bonds. The van der Waals surface area contributed by atoms with Crippen molar-refractivity contribution in [2.75, 3.05) is 13.7 Å². The quantitative estimate of drug-likeness (QED) is 0.760. The molecule has 0 bridgehead atoms. The third-order valence-corrected chi connectivity index (χ3v) is 3.70. The molecular weight excluding hydrogens is 274 g/mol. The van der Waals surface area contributed by atoms with E-state index >= 15 is 0 Å². The lowest BCUT2D eigenvalue weighted by atomic mass is 9.98. The number of aryl methyl sites for hydroxylation is 2. The number of carbonyl (C=O) groups is 2. The van der Waals surface area contributed by atoms with Gasteiger partial charge in [-0.1, -0.05) is 5.16 Å². The summed E-state index contributed by atoms with van der Waals surface area (Å²) in [5, 5.41) is 3.70. The molecule has 1 aromatic rings. The zero-order valence-electron chi connectivity index (χ0n) is 12.5. The van der Waals surface area contributed by atoms with Crippen LogP contribution in [0, 0.1) is 6.92 Å². The fourth-order valence-corrected chi connectivity index (χ4v) is 2.62. The number of carbonyl (C=O) groups excluding carboxylic acids is 2. The molecule has 21 heavy (non-hydrogen) atoms. The fourth-order valence-electron chi connectivity index (χ4n) is 2.62. The normalized spacial score (nSPS) is 18.6. The summed E-state index contributed by atoms with van der Waals surface area (Å²) in [6, 6.07) is -0.0527. The first kappa shape index (κ1) is 15.5. The molecule has 2 rings (SSSR count). The number of methoxy groups -OCH3 is 1. The minimum atomic E-state index is -0.271. The van der Waals surface area contributed by atoms with Crippen LogP contribution in [-0.2, 0) is 20.7 Å². The van der Waals surface area contributed by atoms with Crippen molar-refractivity contribution in [1.82, 2.24) is 15.0 Å². The maximum atomic E-state index is 12.3. The van der Waals surface area contributed by atoms with E-state index in [1.165, 1.54) is 7.11 Å². The summed E-state index contributed by atoms with van der Waals surface area (Å²) >= 11 is 0. The van der Waals surface area contributed by atoms with Crippen LogP contribution in [0.5, 0.6) is 0 Å². The van der Waals surface area contributed by atoms with Gasteiger partial charge in [0.05, 0.1) is 13.5 Å². The molecule has 1 aromatic heterocycles. The molecule has 0 saturated carbocycles. The van der Waals surface area contributed by atoms with E-state index in [-0.39, 0.29) is 24.3 Å². The summed E-state index contributed by atoms with van der Waals surface area (Å²) in [7, 11) is 1.37. The number of hydrogen-bond acceptors (Lipinski definition) is 6. The number of esters is 1. The smallest absolute Gasteiger partial charge is 0.307 e. The first-order valence-corrected chi connectivity index (χ1v) is 7.25. The van der Waals surface area contributed by atoms with Crippen LogP contribution in [0.2, 0.25) is 0 Å². The van der Waals surface area contributed by atoms with Crippen LogP contribution in [0.3, 0.4) is 0 Å². The van der Waals surface area contributed by atoms with Gasteiger partial charge in [0.2, 0.25) is 11.8 Å². The highest BCUT2D eigenvalue weighted by molar-refractivity contribution is 5.78. The lowest BCUT2D eigenvalue weighted by molar-refractivity contribution is -0.144. The molecule has 0 aromatic carbocycles. The number of rotatable bonds is 5. The van der Waals surface area contributed by atoms with Gasteiger partial charge >= 0.3 is 5.97 Å². The van der Waals surface area contributed by atoms with E-state index in [0.717, 1.165) is 19.3 Å². The average molecular weight is 295 g/mol. The maximum absolute atomic E-state index is 12.3. The molecular formula is C14H21N3O4. The topological polar surface area (TPSA) is 85.5 Å². The minimum absolute atomic E-state index is 0.0273. The lowest BCUT2D eigenvalue weighted by Crippen LogP contribution is -2.45. The monoisotopic (exact) mass is 295 g/mol. The third-order valence-electron chi connectivity index (χ3n) is 3.70. The van der Waals surface area contributed by atoms with Crippen LogP contribution in [0.4, 0.5) is 0 Å². The van der Waals surface area contributed by atoms with Gasteiger partial charge in [-0.15, -0.1) is 0 Å². The summed E-state index contributed by atoms with van der Waals surface area (Å²) in [6.45, 7) is 2.44. The number of aromatic nitrogens is 2. The summed E-state index contributed by atoms with van der Waals surface area (Å²) in [6.07, 6.45) is 3.88. The van der Waals surface area contributed by atoms with Gasteiger partial charge in [-0.3, -0.25) is 9.59 Å². The van der Waals surface area contributed by atoms with Gasteiger partial charge in [0, 0.05) is 25.4 Å². The standard InChI is InChI=1S/C14H21N3O4/c1-10-15-12(21-16-10)6-7-13(18)17-8-4-3-5-11(17)9-14(19)20-2/h11H,3-9H2,1-2H3. The van der Waals surface area contributed by atoms with Crippen molar-refractivity contribution < 1.29 is 18.8 Å². The molecule has 0 aliphatic carbocycles. The highest BCUT2D eigenvalue weighted by atomic mass is 16.5. The van der Waals surface area contributed by atoms with Crippen molar-refractivity contribution in [3.05, 3.63) is 11.7 Å². The van der Waals surface area contributed by atoms with Crippen molar-refractivity contribution in [2.45, 2.75) is 51.5 Å². The number of piperidine rings is 1. The van der Waals surface area contributed by atoms with Gasteiger partial charge < -0.3 is 14.2 Å². The molecule has 7 heteroatoms. The molecule has 2 heterocycles. The molecule has 1 aliphatic rings. The Morgan fingerprint density at radius 1 is 1.43 bits per heavy atom. The SMILES string of the molecule is COC(=O)CC1CCCCN1C(=O)CCc1nc(C)no1. The van der Waals surface area contributed by atoms with Gasteiger partial charge in [-0.05, 0) is 26.2 Å². The van der Waals surface area contributed by atoms with Crippen LogP contribution in [0.15, 0.2) is 4.52 Å². The summed E-state index contributed by atoms with van der Waals surface area (Å²) < 4.78 is 9.71. The van der Waals surface area contributed by atoms with Crippen LogP contribution in [-0.4, -0.2) is 46.6 Å². The molecule has 1 fully saturated rings. The van der Waals surface area contributed by atoms with Crippen molar-refractivity contribution in [3.63, 3.8) is 0 Å². The van der Waals surface area contributed by atoms with Gasteiger partial charge in [0.1, 0.15) is 0 Å². The second-order valence-corrected chi connectivity index (χ2v) is 5.25. The molecule has 0 spiro atoms. The Bertz CT molecular complexity index is 500. The van der Waals surface area contributed by atoms with Crippen LogP contribution in [0.25, 0.3) is 0 Å². The third kappa shape index (κ3) is 4.27. The van der Waals surface area contributed by atoms with Crippen LogP contribution in [0.1, 0.15) is 43.8 Å². The summed E-state index contributed by atoms with van der Waals surface area (Å²) in [5.74, 6) is 0.799. The number of amides is 1. The number of hydrogen-bond donors (Lipinski definition) is 0. The van der Waals surface area contributed by atoms with Gasteiger partial charge in [-0.25, -0.2) is 0 Å². The largest absolute Gasteiger partial charge is 0.469 e. The first-order chi connectivity index (χ1) is 10.1. The molecule has 7 nitrogen and oxygen atoms in total. The number of nitrogens with zero attached hydrogens (tertiary/aromatic N) is 3.